The number of aryl methyl sites for hydroxylation is 3. The average molecular weight is 310 g/mol. The van der Waals surface area contributed by atoms with Gasteiger partial charge in [0.05, 0.1) is 11.7 Å². The monoisotopic (exact) mass is 310 g/mol. The van der Waals surface area contributed by atoms with Gasteiger partial charge in [-0.15, -0.1) is 0 Å². The van der Waals surface area contributed by atoms with E-state index in [1.165, 1.54) is 22.3 Å². The molecule has 1 aliphatic heterocycles. The van der Waals surface area contributed by atoms with Crippen LogP contribution < -0.4 is 10.6 Å². The third-order valence-electron chi connectivity index (χ3n) is 4.57. The second kappa shape index (κ2) is 6.67. The molecule has 0 saturated heterocycles. The van der Waals surface area contributed by atoms with E-state index in [0.717, 1.165) is 43.3 Å². The fourth-order valence-electron chi connectivity index (χ4n) is 3.38. The summed E-state index contributed by atoms with van der Waals surface area (Å²) in [6.07, 6.45) is 2.02. The van der Waals surface area contributed by atoms with Gasteiger partial charge >= 0.3 is 0 Å². The van der Waals surface area contributed by atoms with Crippen LogP contribution in [-0.4, -0.2) is 16.5 Å². The number of nitrogens with one attached hydrogen (secondary N) is 2. The largest absolute Gasteiger partial charge is 0.363 e. The second-order valence-corrected chi connectivity index (χ2v) is 6.44. The van der Waals surface area contributed by atoms with Crippen molar-refractivity contribution in [1.29, 1.82) is 0 Å². The topological polar surface area (TPSA) is 49.8 Å². The molecular formula is C19H26N4. The molecular weight excluding hydrogens is 284 g/mol. The van der Waals surface area contributed by atoms with Crippen LogP contribution >= 0.6 is 0 Å². The van der Waals surface area contributed by atoms with Gasteiger partial charge in [0, 0.05) is 12.1 Å². The number of hydrogen-bond acceptors (Lipinski definition) is 4. The van der Waals surface area contributed by atoms with E-state index in [1.807, 2.05) is 6.92 Å². The van der Waals surface area contributed by atoms with Crippen molar-refractivity contribution in [2.45, 2.75) is 53.1 Å². The van der Waals surface area contributed by atoms with Crippen LogP contribution in [0.1, 0.15) is 53.2 Å². The smallest absolute Gasteiger partial charge is 0.133 e. The van der Waals surface area contributed by atoms with Crippen molar-refractivity contribution in [3.05, 3.63) is 52.0 Å². The molecule has 1 atom stereocenters. The van der Waals surface area contributed by atoms with Crippen LogP contribution in [0.2, 0.25) is 0 Å². The Hall–Kier alpha value is -1.94. The minimum atomic E-state index is 0.281. The molecule has 0 aliphatic carbocycles. The van der Waals surface area contributed by atoms with Gasteiger partial charge in [0.15, 0.2) is 0 Å². The minimum Gasteiger partial charge on any atom is -0.363 e. The molecule has 2 aromatic rings. The predicted octanol–water partition coefficient (Wildman–Crippen LogP) is 3.61. The van der Waals surface area contributed by atoms with E-state index in [4.69, 9.17) is 4.98 Å². The van der Waals surface area contributed by atoms with Gasteiger partial charge in [-0.3, -0.25) is 0 Å². The molecule has 0 fully saturated rings. The summed E-state index contributed by atoms with van der Waals surface area (Å²) in [4.78, 5) is 9.29. The molecule has 4 heteroatoms. The molecule has 122 valence electrons. The van der Waals surface area contributed by atoms with E-state index in [2.05, 4.69) is 54.6 Å². The summed E-state index contributed by atoms with van der Waals surface area (Å²) < 4.78 is 0. The Morgan fingerprint density at radius 2 is 2.04 bits per heavy atom. The van der Waals surface area contributed by atoms with E-state index < -0.39 is 0 Å². The van der Waals surface area contributed by atoms with Gasteiger partial charge in [-0.2, -0.15) is 0 Å². The number of hydrogen-bond donors (Lipinski definition) is 2. The summed E-state index contributed by atoms with van der Waals surface area (Å²) >= 11 is 0. The molecule has 0 bridgehead atoms. The summed E-state index contributed by atoms with van der Waals surface area (Å²) in [5.74, 6) is 1.85. The lowest BCUT2D eigenvalue weighted by atomic mass is 9.97. The van der Waals surface area contributed by atoms with E-state index in [-0.39, 0.29) is 6.04 Å². The minimum absolute atomic E-state index is 0.281. The Bertz CT molecular complexity index is 709. The first kappa shape index (κ1) is 15.9. The lowest BCUT2D eigenvalue weighted by Crippen LogP contribution is -2.27. The normalized spacial score (nSPS) is 15.1. The van der Waals surface area contributed by atoms with E-state index in [0.29, 0.717) is 0 Å². The number of rotatable bonds is 4. The molecule has 0 spiro atoms. The number of benzene rings is 1. The maximum Gasteiger partial charge on any atom is 0.133 e. The Morgan fingerprint density at radius 3 is 2.78 bits per heavy atom. The van der Waals surface area contributed by atoms with Gasteiger partial charge in [-0.05, 0) is 51.3 Å². The van der Waals surface area contributed by atoms with Crippen molar-refractivity contribution in [1.82, 2.24) is 15.3 Å². The summed E-state index contributed by atoms with van der Waals surface area (Å²) in [7, 11) is 0. The zero-order valence-corrected chi connectivity index (χ0v) is 14.5. The number of aromatic nitrogens is 2. The lowest BCUT2D eigenvalue weighted by Gasteiger charge is -2.25. The Kier molecular flexibility index (Phi) is 4.62. The molecule has 2 N–H and O–H groups in total. The van der Waals surface area contributed by atoms with Crippen LogP contribution in [-0.2, 0) is 13.0 Å². The zero-order valence-electron chi connectivity index (χ0n) is 14.5. The second-order valence-electron chi connectivity index (χ2n) is 6.44. The van der Waals surface area contributed by atoms with Crippen molar-refractivity contribution in [3.8, 4) is 0 Å². The maximum atomic E-state index is 4.70. The zero-order chi connectivity index (χ0) is 16.4. The van der Waals surface area contributed by atoms with Gasteiger partial charge in [-0.25, -0.2) is 9.97 Å². The van der Waals surface area contributed by atoms with Crippen molar-refractivity contribution < 1.29 is 0 Å². The molecule has 2 heterocycles. The number of anilines is 1. The van der Waals surface area contributed by atoms with Crippen LogP contribution in [0.4, 0.5) is 5.82 Å². The number of fused-ring (bicyclic) bond motifs is 1. The highest BCUT2D eigenvalue weighted by Crippen LogP contribution is 2.28. The molecule has 1 aliphatic rings. The third kappa shape index (κ3) is 3.37. The van der Waals surface area contributed by atoms with E-state index >= 15 is 0 Å². The molecule has 0 saturated carbocycles. The highest BCUT2D eigenvalue weighted by Gasteiger charge is 2.19. The summed E-state index contributed by atoms with van der Waals surface area (Å²) in [5, 5.41) is 7.09. The van der Waals surface area contributed by atoms with Crippen molar-refractivity contribution >= 4 is 5.82 Å². The van der Waals surface area contributed by atoms with E-state index in [9.17, 15) is 0 Å². The molecule has 0 radical (unpaired) electrons. The van der Waals surface area contributed by atoms with Crippen molar-refractivity contribution in [2.75, 3.05) is 11.9 Å². The third-order valence-corrected chi connectivity index (χ3v) is 4.57. The average Bonchev–Trinajstić information content (AvgIpc) is 2.53. The van der Waals surface area contributed by atoms with Gasteiger partial charge in [0.2, 0.25) is 0 Å². The van der Waals surface area contributed by atoms with Gasteiger partial charge < -0.3 is 10.6 Å². The SMILES string of the molecule is CC[C@@H](Nc1nc(C)nc2c1CCNC2)c1ccc(C)cc1C. The molecule has 4 nitrogen and oxygen atoms in total. The summed E-state index contributed by atoms with van der Waals surface area (Å²) in [6, 6.07) is 6.97. The quantitative estimate of drug-likeness (QED) is 0.906. The first-order valence-electron chi connectivity index (χ1n) is 8.49. The fraction of sp³-hybridized carbons (Fsp3) is 0.474. The first-order valence-corrected chi connectivity index (χ1v) is 8.49. The Labute approximate surface area is 138 Å². The Morgan fingerprint density at radius 1 is 1.22 bits per heavy atom. The van der Waals surface area contributed by atoms with Crippen molar-refractivity contribution in [3.63, 3.8) is 0 Å². The number of nitrogens with zero attached hydrogens (tertiary/aromatic N) is 2. The molecule has 3 rings (SSSR count). The van der Waals surface area contributed by atoms with Gasteiger partial charge in [-0.1, -0.05) is 30.7 Å². The predicted molar refractivity (Wildman–Crippen MR) is 94.8 cm³/mol. The van der Waals surface area contributed by atoms with Gasteiger partial charge in [0.1, 0.15) is 11.6 Å². The molecule has 1 aromatic carbocycles. The van der Waals surface area contributed by atoms with Crippen LogP contribution in [0.3, 0.4) is 0 Å². The molecule has 23 heavy (non-hydrogen) atoms. The highest BCUT2D eigenvalue weighted by molar-refractivity contribution is 5.50. The molecule has 0 amide bonds. The molecule has 0 unspecified atom stereocenters. The van der Waals surface area contributed by atoms with Gasteiger partial charge in [0.25, 0.3) is 0 Å². The summed E-state index contributed by atoms with van der Waals surface area (Å²) in [5.41, 5.74) is 6.42. The molecule has 1 aromatic heterocycles. The van der Waals surface area contributed by atoms with Crippen LogP contribution in [0.5, 0.6) is 0 Å². The first-order chi connectivity index (χ1) is 11.1. The highest BCUT2D eigenvalue weighted by atomic mass is 15.1. The maximum absolute atomic E-state index is 4.70. The lowest BCUT2D eigenvalue weighted by molar-refractivity contribution is 0.618. The van der Waals surface area contributed by atoms with Crippen LogP contribution in [0, 0.1) is 20.8 Å². The Balaban J connectivity index is 1.94. The van der Waals surface area contributed by atoms with Crippen molar-refractivity contribution in [2.24, 2.45) is 0 Å². The summed E-state index contributed by atoms with van der Waals surface area (Å²) in [6.45, 7) is 10.4. The van der Waals surface area contributed by atoms with E-state index in [1.54, 1.807) is 0 Å². The van der Waals surface area contributed by atoms with Crippen LogP contribution in [0.25, 0.3) is 0 Å². The van der Waals surface area contributed by atoms with Crippen LogP contribution in [0.15, 0.2) is 18.2 Å². The standard InChI is InChI=1S/C19H26N4/c1-5-17(15-7-6-12(2)10-13(15)3)23-19-16-8-9-20-11-18(16)21-14(4)22-19/h6-7,10,17,20H,5,8-9,11H2,1-4H3,(H,21,22,23)/t17-/m1/s1. The fourth-order valence-corrected chi connectivity index (χ4v) is 3.38.